The van der Waals surface area contributed by atoms with Crippen molar-refractivity contribution in [2.45, 2.75) is 6.92 Å². The maximum Gasteiger partial charge on any atom is 0.338 e. The predicted molar refractivity (Wildman–Crippen MR) is 51.2 cm³/mol. The van der Waals surface area contributed by atoms with Crippen molar-refractivity contribution in [3.8, 4) is 0 Å². The normalized spacial score (nSPS) is 9.31. The standard InChI is InChI=1S/C11H11O2/c1-3-9-7-5-6-8-10(9)11(12)13-4-2/h1,3,5-8H,4H2,2H3. The quantitative estimate of drug-likeness (QED) is 0.659. The second-order valence-corrected chi connectivity index (χ2v) is 2.47. The van der Waals surface area contributed by atoms with Crippen molar-refractivity contribution in [2.75, 3.05) is 6.61 Å². The van der Waals surface area contributed by atoms with Gasteiger partial charge in [-0.3, -0.25) is 0 Å². The molecule has 0 bridgehead atoms. The molecule has 0 atom stereocenters. The third-order valence-corrected chi connectivity index (χ3v) is 1.64. The van der Waals surface area contributed by atoms with Gasteiger partial charge in [-0.15, -0.1) is 0 Å². The number of esters is 1. The van der Waals surface area contributed by atoms with Crippen LogP contribution in [0.2, 0.25) is 0 Å². The van der Waals surface area contributed by atoms with Gasteiger partial charge in [0.2, 0.25) is 0 Å². The van der Waals surface area contributed by atoms with E-state index in [-0.39, 0.29) is 5.97 Å². The number of hydrogen-bond donors (Lipinski definition) is 0. The minimum atomic E-state index is -0.334. The number of carbonyl (C=O) groups is 1. The summed E-state index contributed by atoms with van der Waals surface area (Å²) in [5, 5.41) is 0. The van der Waals surface area contributed by atoms with Gasteiger partial charge < -0.3 is 4.74 Å². The van der Waals surface area contributed by atoms with Gasteiger partial charge in [-0.25, -0.2) is 4.79 Å². The van der Waals surface area contributed by atoms with Crippen LogP contribution in [-0.2, 0) is 4.74 Å². The fourth-order valence-electron chi connectivity index (χ4n) is 1.04. The zero-order valence-electron chi connectivity index (χ0n) is 7.49. The number of carbonyl (C=O) groups excluding carboxylic acids is 1. The van der Waals surface area contributed by atoms with Crippen molar-refractivity contribution in [1.82, 2.24) is 0 Å². The highest BCUT2D eigenvalue weighted by molar-refractivity contribution is 5.93. The van der Waals surface area contributed by atoms with E-state index in [1.165, 1.54) is 6.08 Å². The average Bonchev–Trinajstić information content (AvgIpc) is 2.18. The molecule has 13 heavy (non-hydrogen) atoms. The molecular formula is C11H11O2. The molecule has 2 nitrogen and oxygen atoms in total. The predicted octanol–water partition coefficient (Wildman–Crippen LogP) is 2.31. The molecule has 0 aliphatic rings. The Hall–Kier alpha value is -1.57. The highest BCUT2D eigenvalue weighted by Crippen LogP contribution is 2.10. The summed E-state index contributed by atoms with van der Waals surface area (Å²) in [7, 11) is 0. The molecule has 1 radical (unpaired) electrons. The molecule has 0 heterocycles. The highest BCUT2D eigenvalue weighted by Gasteiger charge is 2.08. The van der Waals surface area contributed by atoms with Crippen molar-refractivity contribution in [3.05, 3.63) is 42.0 Å². The SMILES string of the molecule is [CH]=Cc1ccccc1C(=O)OCC. The summed E-state index contributed by atoms with van der Waals surface area (Å²) < 4.78 is 4.86. The van der Waals surface area contributed by atoms with Crippen molar-refractivity contribution < 1.29 is 9.53 Å². The van der Waals surface area contributed by atoms with Gasteiger partial charge in [0, 0.05) is 0 Å². The maximum atomic E-state index is 11.3. The molecule has 0 aliphatic heterocycles. The smallest absolute Gasteiger partial charge is 0.338 e. The molecule has 0 saturated heterocycles. The molecule has 1 aromatic carbocycles. The van der Waals surface area contributed by atoms with E-state index in [9.17, 15) is 4.79 Å². The van der Waals surface area contributed by atoms with Crippen LogP contribution in [-0.4, -0.2) is 12.6 Å². The Morgan fingerprint density at radius 3 is 2.85 bits per heavy atom. The topological polar surface area (TPSA) is 26.3 Å². The molecule has 0 saturated carbocycles. The molecule has 67 valence electrons. The first-order valence-corrected chi connectivity index (χ1v) is 4.10. The van der Waals surface area contributed by atoms with Crippen LogP contribution >= 0.6 is 0 Å². The zero-order chi connectivity index (χ0) is 9.68. The van der Waals surface area contributed by atoms with E-state index in [0.717, 1.165) is 0 Å². The highest BCUT2D eigenvalue weighted by atomic mass is 16.5. The Bertz CT molecular complexity index is 316. The monoisotopic (exact) mass is 175 g/mol. The second-order valence-electron chi connectivity index (χ2n) is 2.47. The molecule has 0 aromatic heterocycles. The van der Waals surface area contributed by atoms with E-state index < -0.39 is 0 Å². The fourth-order valence-corrected chi connectivity index (χ4v) is 1.04. The lowest BCUT2D eigenvalue weighted by Crippen LogP contribution is -2.06. The molecule has 1 aromatic rings. The summed E-state index contributed by atoms with van der Waals surface area (Å²) >= 11 is 0. The largest absolute Gasteiger partial charge is 0.462 e. The Morgan fingerprint density at radius 1 is 1.54 bits per heavy atom. The van der Waals surface area contributed by atoms with E-state index >= 15 is 0 Å². The first-order chi connectivity index (χ1) is 6.29. The molecule has 0 unspecified atom stereocenters. The Balaban J connectivity index is 2.98. The Labute approximate surface area is 77.8 Å². The lowest BCUT2D eigenvalue weighted by atomic mass is 10.1. The number of hydrogen-bond acceptors (Lipinski definition) is 2. The lowest BCUT2D eigenvalue weighted by molar-refractivity contribution is 0.0526. The minimum absolute atomic E-state index is 0.334. The first kappa shape index (κ1) is 9.52. The average molecular weight is 175 g/mol. The second kappa shape index (κ2) is 4.45. The molecule has 2 heteroatoms. The van der Waals surface area contributed by atoms with Crippen LogP contribution in [0.15, 0.2) is 24.3 Å². The molecule has 0 N–H and O–H groups in total. The number of ether oxygens (including phenoxy) is 1. The van der Waals surface area contributed by atoms with Crippen LogP contribution in [0.3, 0.4) is 0 Å². The van der Waals surface area contributed by atoms with E-state index in [2.05, 4.69) is 0 Å². The molecule has 1 rings (SSSR count). The van der Waals surface area contributed by atoms with Crippen LogP contribution in [0.25, 0.3) is 6.08 Å². The zero-order valence-corrected chi connectivity index (χ0v) is 7.49. The van der Waals surface area contributed by atoms with E-state index in [0.29, 0.717) is 17.7 Å². The van der Waals surface area contributed by atoms with Crippen molar-refractivity contribution in [3.63, 3.8) is 0 Å². The lowest BCUT2D eigenvalue weighted by Gasteiger charge is -2.04. The van der Waals surface area contributed by atoms with Gasteiger partial charge in [0.1, 0.15) is 0 Å². The summed E-state index contributed by atoms with van der Waals surface area (Å²) in [5.74, 6) is -0.334. The van der Waals surface area contributed by atoms with E-state index in [1.807, 2.05) is 6.07 Å². The van der Waals surface area contributed by atoms with Crippen molar-refractivity contribution in [2.24, 2.45) is 0 Å². The van der Waals surface area contributed by atoms with Gasteiger partial charge in [0.05, 0.1) is 12.2 Å². The molecule has 0 spiro atoms. The van der Waals surface area contributed by atoms with Crippen LogP contribution < -0.4 is 0 Å². The maximum absolute atomic E-state index is 11.3. The summed E-state index contributed by atoms with van der Waals surface area (Å²) in [4.78, 5) is 11.3. The van der Waals surface area contributed by atoms with Crippen LogP contribution in [0.4, 0.5) is 0 Å². The third kappa shape index (κ3) is 2.18. The number of rotatable bonds is 3. The van der Waals surface area contributed by atoms with Gasteiger partial charge >= 0.3 is 5.97 Å². The van der Waals surface area contributed by atoms with Gasteiger partial charge in [0.25, 0.3) is 0 Å². The molecule has 0 aliphatic carbocycles. The molecular weight excluding hydrogens is 164 g/mol. The molecule has 0 fully saturated rings. The molecule has 0 amide bonds. The minimum Gasteiger partial charge on any atom is -0.462 e. The summed E-state index contributed by atoms with van der Waals surface area (Å²) in [6.07, 6.45) is 1.40. The van der Waals surface area contributed by atoms with Crippen LogP contribution in [0.5, 0.6) is 0 Å². The Kier molecular flexibility index (Phi) is 3.26. The summed E-state index contributed by atoms with van der Waals surface area (Å²) in [5.41, 5.74) is 1.20. The van der Waals surface area contributed by atoms with Gasteiger partial charge in [-0.1, -0.05) is 30.9 Å². The van der Waals surface area contributed by atoms with E-state index in [1.54, 1.807) is 25.1 Å². The van der Waals surface area contributed by atoms with Crippen LogP contribution in [0, 0.1) is 6.58 Å². The fraction of sp³-hybridized carbons (Fsp3) is 0.182. The van der Waals surface area contributed by atoms with E-state index in [4.69, 9.17) is 11.3 Å². The van der Waals surface area contributed by atoms with Crippen molar-refractivity contribution in [1.29, 1.82) is 0 Å². The third-order valence-electron chi connectivity index (χ3n) is 1.64. The van der Waals surface area contributed by atoms with Crippen molar-refractivity contribution >= 4 is 12.0 Å². The van der Waals surface area contributed by atoms with Gasteiger partial charge in [-0.2, -0.15) is 0 Å². The van der Waals surface area contributed by atoms with Crippen LogP contribution in [0.1, 0.15) is 22.8 Å². The number of benzene rings is 1. The summed E-state index contributed by atoms with van der Waals surface area (Å²) in [6.45, 7) is 7.50. The first-order valence-electron chi connectivity index (χ1n) is 4.10. The van der Waals surface area contributed by atoms with Gasteiger partial charge in [0.15, 0.2) is 0 Å². The Morgan fingerprint density at radius 2 is 2.23 bits per heavy atom. The summed E-state index contributed by atoms with van der Waals surface area (Å²) in [6, 6.07) is 7.06. The van der Waals surface area contributed by atoms with Gasteiger partial charge in [-0.05, 0) is 18.6 Å².